The summed E-state index contributed by atoms with van der Waals surface area (Å²) in [6.07, 6.45) is 5.27. The fourth-order valence-electron chi connectivity index (χ4n) is 3.20. The van der Waals surface area contributed by atoms with Gasteiger partial charge in [0.15, 0.2) is 0 Å². The molecule has 0 fully saturated rings. The van der Waals surface area contributed by atoms with Gasteiger partial charge in [0.05, 0.1) is 17.4 Å². The number of aromatic nitrogens is 4. The largest absolute Gasteiger partial charge is 0.329 e. The second kappa shape index (κ2) is 6.95. The fourth-order valence-corrected chi connectivity index (χ4v) is 3.20. The van der Waals surface area contributed by atoms with Crippen LogP contribution < -0.4 is 11.0 Å². The number of hydrogen-bond acceptors (Lipinski definition) is 3. The monoisotopic (exact) mass is 361 g/mol. The van der Waals surface area contributed by atoms with E-state index in [9.17, 15) is 9.59 Å². The molecule has 4 aromatic rings. The van der Waals surface area contributed by atoms with Crippen molar-refractivity contribution in [2.24, 2.45) is 0 Å². The van der Waals surface area contributed by atoms with Gasteiger partial charge in [0.2, 0.25) is 5.91 Å². The van der Waals surface area contributed by atoms with E-state index in [0.29, 0.717) is 12.2 Å². The Bertz CT molecular complexity index is 1140. The van der Waals surface area contributed by atoms with Gasteiger partial charge >= 0.3 is 5.69 Å². The summed E-state index contributed by atoms with van der Waals surface area (Å²) in [4.78, 5) is 29.1. The quantitative estimate of drug-likeness (QED) is 0.594. The van der Waals surface area contributed by atoms with Crippen molar-refractivity contribution in [2.75, 3.05) is 5.32 Å². The number of nitrogens with one attached hydrogen (secondary N) is 1. The number of nitrogens with zero attached hydrogens (tertiary/aromatic N) is 4. The molecule has 136 valence electrons. The molecule has 1 amide bonds. The standard InChI is InChI=1S/C20H19N5O2/c1-2-24-17-5-3-4-6-18(17)25(20(24)27)13-19(26)22-15-7-9-16(10-8-15)23-12-11-21-14-23/h3-12,14H,2,13H2,1H3,(H,22,26). The number of imidazole rings is 2. The van der Waals surface area contributed by atoms with Crippen molar-refractivity contribution in [3.63, 3.8) is 0 Å². The maximum Gasteiger partial charge on any atom is 0.329 e. The zero-order valence-corrected chi connectivity index (χ0v) is 14.9. The average Bonchev–Trinajstić information content (AvgIpc) is 3.30. The molecule has 2 aromatic heterocycles. The molecule has 0 atom stereocenters. The van der Waals surface area contributed by atoms with Crippen molar-refractivity contribution in [1.29, 1.82) is 0 Å². The lowest BCUT2D eigenvalue weighted by atomic mass is 10.2. The first-order chi connectivity index (χ1) is 13.2. The minimum absolute atomic E-state index is 0.0321. The Balaban J connectivity index is 1.54. The molecule has 4 rings (SSSR count). The Labute approximate surface area is 155 Å². The fraction of sp³-hybridized carbons (Fsp3) is 0.150. The lowest BCUT2D eigenvalue weighted by molar-refractivity contribution is -0.116. The lowest BCUT2D eigenvalue weighted by Crippen LogP contribution is -2.29. The van der Waals surface area contributed by atoms with Gasteiger partial charge in [-0.2, -0.15) is 0 Å². The molecule has 7 heteroatoms. The Morgan fingerprint density at radius 2 is 1.74 bits per heavy atom. The predicted molar refractivity (Wildman–Crippen MR) is 104 cm³/mol. The predicted octanol–water partition coefficient (Wildman–Crippen LogP) is 2.65. The molecule has 0 bridgehead atoms. The number of carbonyl (C=O) groups is 1. The van der Waals surface area contributed by atoms with Gasteiger partial charge in [0, 0.05) is 30.3 Å². The van der Waals surface area contributed by atoms with Crippen LogP contribution in [0.4, 0.5) is 5.69 Å². The van der Waals surface area contributed by atoms with E-state index in [0.717, 1.165) is 16.7 Å². The number of fused-ring (bicyclic) bond motifs is 1. The van der Waals surface area contributed by atoms with Crippen LogP contribution in [-0.2, 0) is 17.9 Å². The summed E-state index contributed by atoms with van der Waals surface area (Å²) in [6, 6.07) is 14.9. The maximum atomic E-state index is 12.6. The molecule has 0 aliphatic carbocycles. The number of rotatable bonds is 5. The second-order valence-corrected chi connectivity index (χ2v) is 6.17. The van der Waals surface area contributed by atoms with Crippen molar-refractivity contribution in [2.45, 2.75) is 20.0 Å². The van der Waals surface area contributed by atoms with Crippen molar-refractivity contribution in [1.82, 2.24) is 18.7 Å². The lowest BCUT2D eigenvalue weighted by Gasteiger charge is -2.08. The van der Waals surface area contributed by atoms with Gasteiger partial charge in [-0.15, -0.1) is 0 Å². The molecule has 2 heterocycles. The minimum atomic E-state index is -0.244. The van der Waals surface area contributed by atoms with Gasteiger partial charge < -0.3 is 9.88 Å². The molecular formula is C20H19N5O2. The van der Waals surface area contributed by atoms with E-state index in [1.807, 2.05) is 66.2 Å². The van der Waals surface area contributed by atoms with Gasteiger partial charge in [0.25, 0.3) is 0 Å². The summed E-state index contributed by atoms with van der Waals surface area (Å²) in [5.41, 5.74) is 3.05. The Kier molecular flexibility index (Phi) is 4.33. The third-order valence-corrected chi connectivity index (χ3v) is 4.50. The van der Waals surface area contributed by atoms with Gasteiger partial charge in [-0.3, -0.25) is 13.9 Å². The number of amides is 1. The number of benzene rings is 2. The van der Waals surface area contributed by atoms with E-state index >= 15 is 0 Å². The number of carbonyl (C=O) groups excluding carboxylic acids is 1. The van der Waals surface area contributed by atoms with E-state index < -0.39 is 0 Å². The van der Waals surface area contributed by atoms with Crippen LogP contribution in [0.15, 0.2) is 72.0 Å². The van der Waals surface area contributed by atoms with E-state index in [1.165, 1.54) is 4.57 Å². The van der Waals surface area contributed by atoms with Gasteiger partial charge in [-0.05, 0) is 43.3 Å². The summed E-state index contributed by atoms with van der Waals surface area (Å²) in [7, 11) is 0. The average molecular weight is 361 g/mol. The zero-order valence-electron chi connectivity index (χ0n) is 14.9. The van der Waals surface area contributed by atoms with Crippen molar-refractivity contribution in [3.8, 4) is 5.69 Å². The van der Waals surface area contributed by atoms with Gasteiger partial charge in [-0.1, -0.05) is 12.1 Å². The highest BCUT2D eigenvalue weighted by atomic mass is 16.2. The van der Waals surface area contributed by atoms with Crippen LogP contribution in [0.25, 0.3) is 16.7 Å². The topological polar surface area (TPSA) is 73.8 Å². The smallest absolute Gasteiger partial charge is 0.325 e. The number of anilines is 1. The first kappa shape index (κ1) is 16.8. The Morgan fingerprint density at radius 1 is 1.04 bits per heavy atom. The molecule has 0 spiro atoms. The van der Waals surface area contributed by atoms with Gasteiger partial charge in [-0.25, -0.2) is 9.78 Å². The molecule has 0 unspecified atom stereocenters. The van der Waals surface area contributed by atoms with Crippen LogP contribution in [0.1, 0.15) is 6.92 Å². The first-order valence-electron chi connectivity index (χ1n) is 8.73. The molecule has 1 N–H and O–H groups in total. The molecule has 0 saturated heterocycles. The van der Waals surface area contributed by atoms with Crippen LogP contribution in [0.2, 0.25) is 0 Å². The van der Waals surface area contributed by atoms with E-state index in [2.05, 4.69) is 10.3 Å². The molecule has 0 aliphatic heterocycles. The first-order valence-corrected chi connectivity index (χ1v) is 8.73. The third kappa shape index (κ3) is 3.15. The summed E-state index contributed by atoms with van der Waals surface area (Å²) in [5.74, 6) is -0.244. The highest BCUT2D eigenvalue weighted by Gasteiger charge is 2.14. The second-order valence-electron chi connectivity index (χ2n) is 6.17. The number of para-hydroxylation sites is 2. The SMILES string of the molecule is CCn1c(=O)n(CC(=O)Nc2ccc(-n3ccnc3)cc2)c2ccccc21. The highest BCUT2D eigenvalue weighted by Crippen LogP contribution is 2.15. The number of hydrogen-bond donors (Lipinski definition) is 1. The molecule has 0 aliphatic rings. The van der Waals surface area contributed by atoms with Crippen LogP contribution >= 0.6 is 0 Å². The normalized spacial score (nSPS) is 11.0. The van der Waals surface area contributed by atoms with Gasteiger partial charge in [0.1, 0.15) is 6.54 Å². The number of aryl methyl sites for hydroxylation is 1. The summed E-state index contributed by atoms with van der Waals surface area (Å²) in [5, 5.41) is 2.85. The van der Waals surface area contributed by atoms with E-state index in [4.69, 9.17) is 0 Å². The van der Waals surface area contributed by atoms with Crippen LogP contribution in [0.3, 0.4) is 0 Å². The van der Waals surface area contributed by atoms with Crippen molar-refractivity contribution < 1.29 is 4.79 Å². The Morgan fingerprint density at radius 3 is 2.37 bits per heavy atom. The molecular weight excluding hydrogens is 342 g/mol. The third-order valence-electron chi connectivity index (χ3n) is 4.50. The Hall–Kier alpha value is -3.61. The highest BCUT2D eigenvalue weighted by molar-refractivity contribution is 5.91. The van der Waals surface area contributed by atoms with E-state index in [-0.39, 0.29) is 18.1 Å². The summed E-state index contributed by atoms with van der Waals surface area (Å²) >= 11 is 0. The summed E-state index contributed by atoms with van der Waals surface area (Å²) < 4.78 is 5.06. The van der Waals surface area contributed by atoms with E-state index in [1.54, 1.807) is 17.1 Å². The van der Waals surface area contributed by atoms with Crippen molar-refractivity contribution >= 4 is 22.6 Å². The van der Waals surface area contributed by atoms with Crippen molar-refractivity contribution in [3.05, 3.63) is 77.7 Å². The minimum Gasteiger partial charge on any atom is -0.325 e. The maximum absolute atomic E-state index is 12.6. The van der Waals surface area contributed by atoms with Crippen LogP contribution in [0.5, 0.6) is 0 Å². The summed E-state index contributed by atoms with van der Waals surface area (Å²) in [6.45, 7) is 2.44. The molecule has 27 heavy (non-hydrogen) atoms. The molecule has 7 nitrogen and oxygen atoms in total. The van der Waals surface area contributed by atoms with Crippen LogP contribution in [-0.4, -0.2) is 24.6 Å². The molecule has 0 saturated carbocycles. The zero-order chi connectivity index (χ0) is 18.8. The van der Waals surface area contributed by atoms with Crippen LogP contribution in [0, 0.1) is 0 Å². The molecule has 0 radical (unpaired) electrons. The molecule has 2 aromatic carbocycles.